The summed E-state index contributed by atoms with van der Waals surface area (Å²) >= 11 is 6.25. The standard InChI is InChI=1S/C15H20ClN3O/c1-4-19-14(15(16)11(2)18-19)10-20-13-7-5-12(6-8-13)9-17-3/h5-8,17H,4,9-10H2,1-3H3. The van der Waals surface area contributed by atoms with Crippen LogP contribution in [0.1, 0.15) is 23.9 Å². The summed E-state index contributed by atoms with van der Waals surface area (Å²) in [4.78, 5) is 0. The molecule has 0 atom stereocenters. The van der Waals surface area contributed by atoms with Gasteiger partial charge in [-0.1, -0.05) is 23.7 Å². The molecule has 5 heteroatoms. The molecule has 4 nitrogen and oxygen atoms in total. The lowest BCUT2D eigenvalue weighted by atomic mass is 10.2. The van der Waals surface area contributed by atoms with Crippen LogP contribution < -0.4 is 10.1 Å². The largest absolute Gasteiger partial charge is 0.487 e. The number of rotatable bonds is 6. The molecule has 108 valence electrons. The van der Waals surface area contributed by atoms with Crippen LogP contribution in [0.3, 0.4) is 0 Å². The van der Waals surface area contributed by atoms with Gasteiger partial charge in [-0.2, -0.15) is 5.10 Å². The van der Waals surface area contributed by atoms with Crippen LogP contribution in [0.25, 0.3) is 0 Å². The van der Waals surface area contributed by atoms with Gasteiger partial charge in [-0.15, -0.1) is 0 Å². The number of hydrogen-bond donors (Lipinski definition) is 1. The number of nitrogens with zero attached hydrogens (tertiary/aromatic N) is 2. The third-order valence-corrected chi connectivity index (χ3v) is 3.62. The third-order valence-electron chi connectivity index (χ3n) is 3.13. The van der Waals surface area contributed by atoms with E-state index in [1.54, 1.807) is 0 Å². The molecule has 0 saturated heterocycles. The van der Waals surface area contributed by atoms with E-state index in [1.165, 1.54) is 5.56 Å². The molecule has 0 spiro atoms. The van der Waals surface area contributed by atoms with Crippen molar-refractivity contribution in [3.8, 4) is 5.75 Å². The Morgan fingerprint density at radius 3 is 2.60 bits per heavy atom. The molecule has 0 saturated carbocycles. The molecule has 0 bridgehead atoms. The minimum Gasteiger partial charge on any atom is -0.487 e. The summed E-state index contributed by atoms with van der Waals surface area (Å²) in [5.74, 6) is 0.836. The van der Waals surface area contributed by atoms with E-state index in [0.717, 1.165) is 30.2 Å². The van der Waals surface area contributed by atoms with E-state index in [9.17, 15) is 0 Å². The average Bonchev–Trinajstić information content (AvgIpc) is 2.74. The minimum atomic E-state index is 0.429. The van der Waals surface area contributed by atoms with Crippen molar-refractivity contribution in [3.05, 3.63) is 46.2 Å². The summed E-state index contributed by atoms with van der Waals surface area (Å²) in [6.45, 7) is 6.02. The highest BCUT2D eigenvalue weighted by Gasteiger charge is 2.12. The fraction of sp³-hybridized carbons (Fsp3) is 0.400. The Morgan fingerprint density at radius 2 is 2.00 bits per heavy atom. The lowest BCUT2D eigenvalue weighted by Gasteiger charge is -2.09. The van der Waals surface area contributed by atoms with Gasteiger partial charge in [0.15, 0.2) is 0 Å². The zero-order chi connectivity index (χ0) is 14.5. The van der Waals surface area contributed by atoms with E-state index >= 15 is 0 Å². The summed E-state index contributed by atoms with van der Waals surface area (Å²) in [7, 11) is 1.93. The van der Waals surface area contributed by atoms with Crippen molar-refractivity contribution in [2.45, 2.75) is 33.5 Å². The number of aromatic nitrogens is 2. The summed E-state index contributed by atoms with van der Waals surface area (Å²) in [5, 5.41) is 8.19. The zero-order valence-electron chi connectivity index (χ0n) is 12.1. The molecule has 1 heterocycles. The van der Waals surface area contributed by atoms with Crippen LogP contribution in [0.15, 0.2) is 24.3 Å². The van der Waals surface area contributed by atoms with Crippen molar-refractivity contribution in [1.82, 2.24) is 15.1 Å². The van der Waals surface area contributed by atoms with Gasteiger partial charge < -0.3 is 10.1 Å². The maximum Gasteiger partial charge on any atom is 0.131 e. The van der Waals surface area contributed by atoms with Crippen LogP contribution in [0.4, 0.5) is 0 Å². The lowest BCUT2D eigenvalue weighted by molar-refractivity contribution is 0.292. The van der Waals surface area contributed by atoms with Crippen molar-refractivity contribution in [2.24, 2.45) is 0 Å². The molecule has 0 amide bonds. The third kappa shape index (κ3) is 3.32. The lowest BCUT2D eigenvalue weighted by Crippen LogP contribution is -2.07. The first-order valence-corrected chi connectivity index (χ1v) is 7.11. The van der Waals surface area contributed by atoms with Gasteiger partial charge in [0.25, 0.3) is 0 Å². The molecular formula is C15H20ClN3O. The Hall–Kier alpha value is -1.52. The second kappa shape index (κ2) is 6.77. The van der Waals surface area contributed by atoms with Gasteiger partial charge in [0, 0.05) is 13.1 Å². The molecule has 0 fully saturated rings. The first kappa shape index (κ1) is 14.9. The monoisotopic (exact) mass is 293 g/mol. The predicted octanol–water partition coefficient (Wildman–Crippen LogP) is 3.16. The molecule has 1 N–H and O–H groups in total. The molecule has 2 aromatic rings. The van der Waals surface area contributed by atoms with E-state index in [-0.39, 0.29) is 0 Å². The molecule has 0 radical (unpaired) electrons. The molecule has 0 aliphatic carbocycles. The van der Waals surface area contributed by atoms with Crippen molar-refractivity contribution in [1.29, 1.82) is 0 Å². The molecule has 0 unspecified atom stereocenters. The van der Waals surface area contributed by atoms with E-state index < -0.39 is 0 Å². The highest BCUT2D eigenvalue weighted by atomic mass is 35.5. The quantitative estimate of drug-likeness (QED) is 0.889. The van der Waals surface area contributed by atoms with E-state index in [2.05, 4.69) is 22.5 Å². The van der Waals surface area contributed by atoms with E-state index in [0.29, 0.717) is 11.6 Å². The smallest absolute Gasteiger partial charge is 0.131 e. The van der Waals surface area contributed by atoms with Gasteiger partial charge in [-0.3, -0.25) is 4.68 Å². The number of benzene rings is 1. The minimum absolute atomic E-state index is 0.429. The Labute approximate surface area is 124 Å². The van der Waals surface area contributed by atoms with Crippen molar-refractivity contribution >= 4 is 11.6 Å². The van der Waals surface area contributed by atoms with Crippen LogP contribution in [0, 0.1) is 6.92 Å². The van der Waals surface area contributed by atoms with E-state index in [1.807, 2.05) is 37.7 Å². The molecule has 0 aliphatic rings. The van der Waals surface area contributed by atoms with Crippen molar-refractivity contribution < 1.29 is 4.74 Å². The van der Waals surface area contributed by atoms with Gasteiger partial charge in [0.1, 0.15) is 12.4 Å². The van der Waals surface area contributed by atoms with Crippen LogP contribution in [0.5, 0.6) is 5.75 Å². The number of nitrogens with one attached hydrogen (secondary N) is 1. The second-order valence-electron chi connectivity index (χ2n) is 4.62. The molecule has 0 aliphatic heterocycles. The molecule has 2 rings (SSSR count). The number of halogens is 1. The maximum atomic E-state index is 6.25. The summed E-state index contributed by atoms with van der Waals surface area (Å²) in [5.41, 5.74) is 3.00. The SMILES string of the molecule is CCn1nc(C)c(Cl)c1COc1ccc(CNC)cc1. The molecule has 1 aromatic heterocycles. The van der Waals surface area contributed by atoms with Crippen LogP contribution >= 0.6 is 11.6 Å². The summed E-state index contributed by atoms with van der Waals surface area (Å²) in [6, 6.07) is 8.05. The van der Waals surface area contributed by atoms with E-state index in [4.69, 9.17) is 16.3 Å². The van der Waals surface area contributed by atoms with Gasteiger partial charge >= 0.3 is 0 Å². The Balaban J connectivity index is 2.05. The van der Waals surface area contributed by atoms with Gasteiger partial charge in [0.2, 0.25) is 0 Å². The number of aryl methyl sites for hydroxylation is 2. The highest BCUT2D eigenvalue weighted by molar-refractivity contribution is 6.31. The first-order chi connectivity index (χ1) is 9.65. The maximum absolute atomic E-state index is 6.25. The number of ether oxygens (including phenoxy) is 1. The first-order valence-electron chi connectivity index (χ1n) is 6.73. The summed E-state index contributed by atoms with van der Waals surface area (Å²) < 4.78 is 7.68. The van der Waals surface area contributed by atoms with Crippen molar-refractivity contribution in [2.75, 3.05) is 7.05 Å². The average molecular weight is 294 g/mol. The Bertz CT molecular complexity index is 563. The molecular weight excluding hydrogens is 274 g/mol. The Morgan fingerprint density at radius 1 is 1.30 bits per heavy atom. The fourth-order valence-corrected chi connectivity index (χ4v) is 2.26. The van der Waals surface area contributed by atoms with Crippen LogP contribution in [-0.2, 0) is 19.7 Å². The predicted molar refractivity (Wildman–Crippen MR) is 81.2 cm³/mol. The molecule has 20 heavy (non-hydrogen) atoms. The van der Waals surface area contributed by atoms with Gasteiger partial charge in [0.05, 0.1) is 16.4 Å². The van der Waals surface area contributed by atoms with Crippen molar-refractivity contribution in [3.63, 3.8) is 0 Å². The van der Waals surface area contributed by atoms with Gasteiger partial charge in [-0.25, -0.2) is 0 Å². The van der Waals surface area contributed by atoms with Crippen LogP contribution in [0.2, 0.25) is 5.02 Å². The van der Waals surface area contributed by atoms with Crippen LogP contribution in [-0.4, -0.2) is 16.8 Å². The highest BCUT2D eigenvalue weighted by Crippen LogP contribution is 2.22. The summed E-state index contributed by atoms with van der Waals surface area (Å²) in [6.07, 6.45) is 0. The normalized spacial score (nSPS) is 10.8. The number of hydrogen-bond acceptors (Lipinski definition) is 3. The topological polar surface area (TPSA) is 39.1 Å². The molecule has 1 aromatic carbocycles. The second-order valence-corrected chi connectivity index (χ2v) is 5.00. The Kier molecular flexibility index (Phi) is 5.04. The van der Waals surface area contributed by atoms with Gasteiger partial charge in [-0.05, 0) is 38.6 Å². The fourth-order valence-electron chi connectivity index (χ4n) is 2.07. The zero-order valence-corrected chi connectivity index (χ0v) is 12.9.